The van der Waals surface area contributed by atoms with Crippen molar-refractivity contribution in [2.75, 3.05) is 11.9 Å². The van der Waals surface area contributed by atoms with Gasteiger partial charge in [-0.15, -0.1) is 11.3 Å². The molecule has 134 valence electrons. The molecule has 9 heteroatoms. The summed E-state index contributed by atoms with van der Waals surface area (Å²) in [5.74, 6) is 0.607. The first kappa shape index (κ1) is 17.7. The van der Waals surface area contributed by atoms with Gasteiger partial charge in [0.15, 0.2) is 5.13 Å². The highest BCUT2D eigenvalue weighted by Gasteiger charge is 2.08. The summed E-state index contributed by atoms with van der Waals surface area (Å²) in [6.07, 6.45) is 4.11. The predicted octanol–water partition coefficient (Wildman–Crippen LogP) is 1.59. The zero-order valence-corrected chi connectivity index (χ0v) is 14.8. The molecule has 0 radical (unpaired) electrons. The summed E-state index contributed by atoms with van der Waals surface area (Å²) in [6, 6.07) is 8.64. The minimum absolute atomic E-state index is 0.104. The van der Waals surface area contributed by atoms with Crippen LogP contribution in [0.4, 0.5) is 10.9 Å². The Labute approximate surface area is 153 Å². The van der Waals surface area contributed by atoms with Gasteiger partial charge in [0.1, 0.15) is 5.82 Å². The summed E-state index contributed by atoms with van der Waals surface area (Å²) in [5, 5.41) is 12.4. The summed E-state index contributed by atoms with van der Waals surface area (Å²) in [6.45, 7) is 0.944. The maximum Gasteiger partial charge on any atom is 0.266 e. The fraction of sp³-hybridized carbons (Fsp3) is 0.235. The van der Waals surface area contributed by atoms with Gasteiger partial charge in [0.25, 0.3) is 5.56 Å². The number of aromatic nitrogens is 4. The van der Waals surface area contributed by atoms with Crippen LogP contribution in [0, 0.1) is 0 Å². The molecule has 0 fully saturated rings. The lowest BCUT2D eigenvalue weighted by molar-refractivity contribution is -0.120. The van der Waals surface area contributed by atoms with E-state index >= 15 is 0 Å². The molecule has 0 atom stereocenters. The van der Waals surface area contributed by atoms with Crippen LogP contribution in [-0.4, -0.2) is 32.2 Å². The highest BCUT2D eigenvalue weighted by molar-refractivity contribution is 7.13. The van der Waals surface area contributed by atoms with E-state index < -0.39 is 0 Å². The zero-order chi connectivity index (χ0) is 18.2. The monoisotopic (exact) mass is 370 g/mol. The van der Waals surface area contributed by atoms with Crippen molar-refractivity contribution in [3.63, 3.8) is 0 Å². The minimum Gasteiger partial charge on any atom is -0.356 e. The number of rotatable bonds is 8. The number of amides is 1. The number of anilines is 2. The van der Waals surface area contributed by atoms with E-state index in [1.165, 1.54) is 22.1 Å². The van der Waals surface area contributed by atoms with Gasteiger partial charge in [-0.05, 0) is 24.6 Å². The van der Waals surface area contributed by atoms with E-state index in [0.29, 0.717) is 36.2 Å². The lowest BCUT2D eigenvalue weighted by Gasteiger charge is -2.05. The van der Waals surface area contributed by atoms with E-state index in [0.717, 1.165) is 0 Å². The quantitative estimate of drug-likeness (QED) is 0.584. The third kappa shape index (κ3) is 5.21. The molecule has 3 aromatic rings. The Morgan fingerprint density at radius 3 is 2.92 bits per heavy atom. The lowest BCUT2D eigenvalue weighted by atomic mass is 10.3. The van der Waals surface area contributed by atoms with Gasteiger partial charge in [-0.1, -0.05) is 6.07 Å². The lowest BCUT2D eigenvalue weighted by Crippen LogP contribution is -2.28. The van der Waals surface area contributed by atoms with Crippen molar-refractivity contribution in [1.82, 2.24) is 25.1 Å². The van der Waals surface area contributed by atoms with Crippen LogP contribution >= 0.6 is 11.3 Å². The summed E-state index contributed by atoms with van der Waals surface area (Å²) in [7, 11) is 0. The van der Waals surface area contributed by atoms with Crippen molar-refractivity contribution in [2.45, 2.75) is 19.4 Å². The normalized spacial score (nSPS) is 10.5. The van der Waals surface area contributed by atoms with Crippen molar-refractivity contribution >= 4 is 28.2 Å². The molecule has 1 amide bonds. The van der Waals surface area contributed by atoms with E-state index in [-0.39, 0.29) is 17.9 Å². The molecule has 0 unspecified atom stereocenters. The van der Waals surface area contributed by atoms with Crippen LogP contribution in [0.15, 0.2) is 52.9 Å². The Morgan fingerprint density at radius 1 is 1.19 bits per heavy atom. The minimum atomic E-state index is -0.144. The van der Waals surface area contributed by atoms with Crippen LogP contribution in [0.5, 0.6) is 0 Å². The van der Waals surface area contributed by atoms with Crippen LogP contribution in [0.3, 0.4) is 0 Å². The first-order valence-corrected chi connectivity index (χ1v) is 9.00. The number of nitrogens with zero attached hydrogens (tertiary/aromatic N) is 4. The molecule has 3 aromatic heterocycles. The first-order chi connectivity index (χ1) is 12.7. The Bertz CT molecular complexity index is 909. The fourth-order valence-corrected chi connectivity index (χ4v) is 2.95. The number of aryl methyl sites for hydroxylation is 1. The van der Waals surface area contributed by atoms with Gasteiger partial charge in [-0.3, -0.25) is 9.59 Å². The largest absolute Gasteiger partial charge is 0.356 e. The van der Waals surface area contributed by atoms with Crippen molar-refractivity contribution in [1.29, 1.82) is 0 Å². The number of hydrogen-bond donors (Lipinski definition) is 2. The van der Waals surface area contributed by atoms with Gasteiger partial charge in [0.05, 0.1) is 12.1 Å². The van der Waals surface area contributed by atoms with E-state index in [2.05, 4.69) is 25.7 Å². The van der Waals surface area contributed by atoms with Gasteiger partial charge in [-0.2, -0.15) is 5.10 Å². The molecule has 0 aromatic carbocycles. The molecule has 0 aliphatic carbocycles. The summed E-state index contributed by atoms with van der Waals surface area (Å²) < 4.78 is 1.38. The fourth-order valence-electron chi connectivity index (χ4n) is 2.23. The van der Waals surface area contributed by atoms with Crippen molar-refractivity contribution in [2.24, 2.45) is 0 Å². The molecule has 0 aliphatic rings. The number of carbonyl (C=O) groups excluding carboxylic acids is 1. The van der Waals surface area contributed by atoms with Gasteiger partial charge >= 0.3 is 0 Å². The second kappa shape index (κ2) is 8.86. The highest BCUT2D eigenvalue weighted by Crippen LogP contribution is 2.19. The van der Waals surface area contributed by atoms with Gasteiger partial charge in [0.2, 0.25) is 5.91 Å². The Morgan fingerprint density at radius 2 is 2.12 bits per heavy atom. The molecule has 0 saturated carbocycles. The second-order valence-corrected chi connectivity index (χ2v) is 6.31. The number of pyridine rings is 1. The van der Waals surface area contributed by atoms with Crippen LogP contribution in [0.25, 0.3) is 0 Å². The molecule has 8 nitrogen and oxygen atoms in total. The molecule has 0 aliphatic heterocycles. The molecular weight excluding hydrogens is 352 g/mol. The number of hydrogen-bond acceptors (Lipinski definition) is 7. The predicted molar refractivity (Wildman–Crippen MR) is 99.5 cm³/mol. The zero-order valence-electron chi connectivity index (χ0n) is 14.0. The van der Waals surface area contributed by atoms with Crippen LogP contribution in [0.1, 0.15) is 12.1 Å². The SMILES string of the molecule is O=C(Cc1csc(Nc2ccccn2)n1)NCCCn1ncccc1=O. The van der Waals surface area contributed by atoms with Crippen LogP contribution in [-0.2, 0) is 17.8 Å². The van der Waals surface area contributed by atoms with E-state index in [1.54, 1.807) is 18.5 Å². The van der Waals surface area contributed by atoms with E-state index in [1.807, 2.05) is 23.6 Å². The summed E-state index contributed by atoms with van der Waals surface area (Å²) in [5.41, 5.74) is 0.557. The molecule has 0 spiro atoms. The van der Waals surface area contributed by atoms with Crippen molar-refractivity contribution in [3.8, 4) is 0 Å². The topological polar surface area (TPSA) is 102 Å². The standard InChI is InChI=1S/C17H18N6O2S/c24-15(19-8-4-10-23-16(25)6-3-9-20-23)11-13-12-26-17(21-13)22-14-5-1-2-7-18-14/h1-3,5-7,9,12H,4,8,10-11H2,(H,19,24)(H,18,21,22). The van der Waals surface area contributed by atoms with Crippen molar-refractivity contribution in [3.05, 3.63) is 64.2 Å². The maximum absolute atomic E-state index is 12.0. The maximum atomic E-state index is 12.0. The van der Waals surface area contributed by atoms with Crippen LogP contribution < -0.4 is 16.2 Å². The number of thiazole rings is 1. The molecule has 26 heavy (non-hydrogen) atoms. The smallest absolute Gasteiger partial charge is 0.266 e. The highest BCUT2D eigenvalue weighted by atomic mass is 32.1. The van der Waals surface area contributed by atoms with Crippen LogP contribution in [0.2, 0.25) is 0 Å². The third-order valence-corrected chi connectivity index (χ3v) is 4.25. The number of carbonyl (C=O) groups is 1. The summed E-state index contributed by atoms with van der Waals surface area (Å²) in [4.78, 5) is 32.1. The van der Waals surface area contributed by atoms with Gasteiger partial charge in [-0.25, -0.2) is 14.6 Å². The first-order valence-electron chi connectivity index (χ1n) is 8.12. The Hall–Kier alpha value is -3.07. The molecule has 3 heterocycles. The second-order valence-electron chi connectivity index (χ2n) is 5.45. The summed E-state index contributed by atoms with van der Waals surface area (Å²) >= 11 is 1.43. The van der Waals surface area contributed by atoms with E-state index in [9.17, 15) is 9.59 Å². The average molecular weight is 370 g/mol. The average Bonchev–Trinajstić information content (AvgIpc) is 3.07. The van der Waals surface area contributed by atoms with Gasteiger partial charge < -0.3 is 10.6 Å². The molecule has 3 rings (SSSR count). The van der Waals surface area contributed by atoms with Gasteiger partial charge in [0, 0.05) is 36.9 Å². The molecule has 2 N–H and O–H groups in total. The third-order valence-electron chi connectivity index (χ3n) is 3.45. The Kier molecular flexibility index (Phi) is 6.05. The number of nitrogens with one attached hydrogen (secondary N) is 2. The molecular formula is C17H18N6O2S. The molecule has 0 saturated heterocycles. The van der Waals surface area contributed by atoms with E-state index in [4.69, 9.17) is 0 Å². The molecule has 0 bridgehead atoms. The Balaban J connectivity index is 1.41. The van der Waals surface area contributed by atoms with Crippen molar-refractivity contribution < 1.29 is 4.79 Å².